The minimum atomic E-state index is -0.734. The average Bonchev–Trinajstić information content (AvgIpc) is 2.66. The fraction of sp³-hybridized carbons (Fsp3) is 0.840. The van der Waals surface area contributed by atoms with E-state index in [2.05, 4.69) is 4.90 Å². The lowest BCUT2D eigenvalue weighted by atomic mass is 9.93. The van der Waals surface area contributed by atoms with Crippen LogP contribution in [-0.2, 0) is 28.7 Å². The molecule has 0 radical (unpaired) electrons. The molecule has 1 N–H and O–H groups in total. The van der Waals surface area contributed by atoms with Crippen LogP contribution in [0.25, 0.3) is 0 Å². The van der Waals surface area contributed by atoms with E-state index in [1.165, 1.54) is 0 Å². The lowest BCUT2D eigenvalue weighted by Gasteiger charge is -2.30. The summed E-state index contributed by atoms with van der Waals surface area (Å²) in [4.78, 5) is 49.2. The van der Waals surface area contributed by atoms with E-state index in [9.17, 15) is 19.2 Å². The molecule has 0 atom stereocenters. The fourth-order valence-corrected chi connectivity index (χ4v) is 3.95. The third kappa shape index (κ3) is 13.0. The van der Waals surface area contributed by atoms with Gasteiger partial charge in [0.25, 0.3) is 0 Å². The van der Waals surface area contributed by atoms with Gasteiger partial charge in [-0.2, -0.15) is 0 Å². The Morgan fingerprint density at radius 2 is 1.03 bits per heavy atom. The zero-order chi connectivity index (χ0) is 26.1. The molecule has 2 aliphatic heterocycles. The Morgan fingerprint density at radius 1 is 0.706 bits per heavy atom. The van der Waals surface area contributed by atoms with Gasteiger partial charge in [0, 0.05) is 5.92 Å². The van der Waals surface area contributed by atoms with Gasteiger partial charge in [-0.15, -0.1) is 0 Å². The first-order valence-corrected chi connectivity index (χ1v) is 12.2. The van der Waals surface area contributed by atoms with E-state index in [0.29, 0.717) is 32.5 Å². The van der Waals surface area contributed by atoms with Crippen molar-refractivity contribution in [1.29, 1.82) is 0 Å². The van der Waals surface area contributed by atoms with Crippen molar-refractivity contribution in [1.82, 2.24) is 9.80 Å². The molecule has 2 rings (SSSR count). The molecule has 34 heavy (non-hydrogen) atoms. The smallest absolute Gasteiger partial charge is 0.320 e. The second-order valence-corrected chi connectivity index (χ2v) is 11.2. The number of hydrogen-bond acceptors (Lipinski definition) is 8. The lowest BCUT2D eigenvalue weighted by molar-refractivity contribution is -0.157. The summed E-state index contributed by atoms with van der Waals surface area (Å²) in [5.41, 5.74) is -0.884. The molecule has 2 aliphatic rings. The van der Waals surface area contributed by atoms with Gasteiger partial charge in [-0.1, -0.05) is 0 Å². The highest BCUT2D eigenvalue weighted by Gasteiger charge is 2.27. The molecule has 0 aliphatic carbocycles. The van der Waals surface area contributed by atoms with Gasteiger partial charge in [-0.25, -0.2) is 0 Å². The summed E-state index contributed by atoms with van der Waals surface area (Å²) in [5, 5.41) is 8.85. The van der Waals surface area contributed by atoms with Crippen LogP contribution in [0.4, 0.5) is 0 Å². The molecule has 0 aromatic rings. The molecular weight excluding hydrogens is 440 g/mol. The normalized spacial score (nSPS) is 19.0. The van der Waals surface area contributed by atoms with Crippen LogP contribution in [0, 0.1) is 11.8 Å². The van der Waals surface area contributed by atoms with Crippen LogP contribution in [-0.4, -0.2) is 89.1 Å². The minimum Gasteiger partial charge on any atom is -0.481 e. The van der Waals surface area contributed by atoms with Crippen molar-refractivity contribution in [3.8, 4) is 0 Å². The molecule has 0 saturated carbocycles. The standard InChI is InChI=1S/C13H23NO3.C12H21NO4/c1-10(15)11-5-7-14(8-6-11)9-12(16)17-13(2,3)4;1-12(2,3)17-10(14)8-13-6-4-9(5-7-13)11(15)16/h11H,5-9H2,1-4H3;9H,4-8H2,1-3H3,(H,15,16). The van der Waals surface area contributed by atoms with E-state index in [1.807, 2.05) is 46.4 Å². The Labute approximate surface area is 204 Å². The van der Waals surface area contributed by atoms with Crippen molar-refractivity contribution >= 4 is 23.7 Å². The van der Waals surface area contributed by atoms with E-state index < -0.39 is 17.2 Å². The molecule has 0 aromatic carbocycles. The van der Waals surface area contributed by atoms with Gasteiger partial charge in [-0.3, -0.25) is 29.0 Å². The molecular formula is C25H44N2O7. The van der Waals surface area contributed by atoms with Gasteiger partial charge in [0.2, 0.25) is 0 Å². The SMILES string of the molecule is CC(=O)C1CCN(CC(=O)OC(C)(C)C)CC1.CC(C)(C)OC(=O)CN1CCC(C(=O)O)CC1. The summed E-state index contributed by atoms with van der Waals surface area (Å²) in [6.45, 7) is 16.3. The predicted octanol–water partition coefficient (Wildman–Crippen LogP) is 2.75. The molecule has 0 bridgehead atoms. The second kappa shape index (κ2) is 13.2. The summed E-state index contributed by atoms with van der Waals surface area (Å²) in [6.07, 6.45) is 2.94. The van der Waals surface area contributed by atoms with Gasteiger partial charge in [0.15, 0.2) is 0 Å². The number of Topliss-reactive ketones (excluding diaryl/α,β-unsaturated/α-hetero) is 1. The number of carbonyl (C=O) groups is 4. The molecule has 9 nitrogen and oxygen atoms in total. The molecule has 0 amide bonds. The summed E-state index contributed by atoms with van der Waals surface area (Å²) in [7, 11) is 0. The number of carboxylic acids is 1. The van der Waals surface area contributed by atoms with Crippen LogP contribution in [0.3, 0.4) is 0 Å². The largest absolute Gasteiger partial charge is 0.481 e. The zero-order valence-corrected chi connectivity index (χ0v) is 22.0. The number of likely N-dealkylation sites (tertiary alicyclic amines) is 2. The lowest BCUT2D eigenvalue weighted by Crippen LogP contribution is -2.41. The molecule has 196 valence electrons. The maximum Gasteiger partial charge on any atom is 0.320 e. The predicted molar refractivity (Wildman–Crippen MR) is 128 cm³/mol. The average molecular weight is 485 g/mol. The maximum absolute atomic E-state index is 11.6. The summed E-state index contributed by atoms with van der Waals surface area (Å²) < 4.78 is 10.5. The quantitative estimate of drug-likeness (QED) is 0.568. The summed E-state index contributed by atoms with van der Waals surface area (Å²) >= 11 is 0. The van der Waals surface area contributed by atoms with E-state index in [1.54, 1.807) is 6.92 Å². The molecule has 2 fully saturated rings. The fourth-order valence-electron chi connectivity index (χ4n) is 3.95. The van der Waals surface area contributed by atoms with Crippen LogP contribution in [0.2, 0.25) is 0 Å². The van der Waals surface area contributed by atoms with E-state index in [-0.39, 0.29) is 36.1 Å². The number of ketones is 1. The molecule has 0 unspecified atom stereocenters. The molecule has 9 heteroatoms. The molecule has 0 aromatic heterocycles. The monoisotopic (exact) mass is 484 g/mol. The van der Waals surface area contributed by atoms with Crippen LogP contribution in [0.5, 0.6) is 0 Å². The van der Waals surface area contributed by atoms with Crippen molar-refractivity contribution < 1.29 is 33.8 Å². The number of rotatable bonds is 6. The zero-order valence-electron chi connectivity index (χ0n) is 22.0. The number of aliphatic carboxylic acids is 1. The number of carboxylic acid groups (broad SMARTS) is 1. The van der Waals surface area contributed by atoms with Crippen molar-refractivity contribution in [3.05, 3.63) is 0 Å². The third-order valence-corrected chi connectivity index (χ3v) is 5.64. The number of piperidine rings is 2. The van der Waals surface area contributed by atoms with Gasteiger partial charge in [0.05, 0.1) is 19.0 Å². The second-order valence-electron chi connectivity index (χ2n) is 11.2. The number of carbonyl (C=O) groups excluding carboxylic acids is 3. The molecule has 2 saturated heterocycles. The van der Waals surface area contributed by atoms with Crippen molar-refractivity contribution in [2.45, 2.75) is 85.4 Å². The van der Waals surface area contributed by atoms with Gasteiger partial charge in [0.1, 0.15) is 17.0 Å². The Balaban J connectivity index is 0.000000340. The third-order valence-electron chi connectivity index (χ3n) is 5.64. The highest BCUT2D eigenvalue weighted by atomic mass is 16.6. The van der Waals surface area contributed by atoms with Crippen LogP contribution < -0.4 is 0 Å². The van der Waals surface area contributed by atoms with Crippen molar-refractivity contribution in [2.75, 3.05) is 39.3 Å². The van der Waals surface area contributed by atoms with Crippen molar-refractivity contribution in [2.24, 2.45) is 11.8 Å². The Morgan fingerprint density at radius 3 is 1.29 bits per heavy atom. The maximum atomic E-state index is 11.6. The van der Waals surface area contributed by atoms with E-state index in [0.717, 1.165) is 25.9 Å². The number of esters is 2. The highest BCUT2D eigenvalue weighted by Crippen LogP contribution is 2.19. The van der Waals surface area contributed by atoms with Crippen LogP contribution in [0.15, 0.2) is 0 Å². The van der Waals surface area contributed by atoms with Gasteiger partial charge < -0.3 is 14.6 Å². The van der Waals surface area contributed by atoms with E-state index in [4.69, 9.17) is 14.6 Å². The number of ether oxygens (including phenoxy) is 2. The Kier molecular flexibility index (Phi) is 11.6. The molecule has 2 heterocycles. The minimum absolute atomic E-state index is 0.182. The first kappa shape index (κ1) is 30.0. The van der Waals surface area contributed by atoms with Crippen molar-refractivity contribution in [3.63, 3.8) is 0 Å². The van der Waals surface area contributed by atoms with Crippen LogP contribution >= 0.6 is 0 Å². The Bertz CT molecular complexity index is 633. The topological polar surface area (TPSA) is 113 Å². The number of nitrogens with zero attached hydrogens (tertiary/aromatic N) is 2. The van der Waals surface area contributed by atoms with Gasteiger partial charge in [-0.05, 0) is 100 Å². The molecule has 0 spiro atoms. The van der Waals surface area contributed by atoms with Crippen LogP contribution in [0.1, 0.15) is 74.1 Å². The summed E-state index contributed by atoms with van der Waals surface area (Å²) in [5.74, 6) is -0.969. The first-order valence-electron chi connectivity index (χ1n) is 12.2. The summed E-state index contributed by atoms with van der Waals surface area (Å²) in [6, 6.07) is 0. The first-order chi connectivity index (χ1) is 15.6. The highest BCUT2D eigenvalue weighted by molar-refractivity contribution is 5.78. The van der Waals surface area contributed by atoms with E-state index >= 15 is 0 Å². The number of hydrogen-bond donors (Lipinski definition) is 1. The Hall–Kier alpha value is -2.00. The van der Waals surface area contributed by atoms with Gasteiger partial charge >= 0.3 is 17.9 Å².